The first-order chi connectivity index (χ1) is 2.27. The van der Waals surface area contributed by atoms with Crippen LogP contribution in [0, 0.1) is 0 Å². The standard InChI is InChI=1S/C3H8O2.H2O/c1-3(5)2-4;/h3-5H,2H2,1H3;1H2/t3-;/m1./s1. The van der Waals surface area contributed by atoms with E-state index in [1.165, 1.54) is 6.92 Å². The van der Waals surface area contributed by atoms with Crippen molar-refractivity contribution in [2.75, 3.05) is 6.61 Å². The molecule has 3 nitrogen and oxygen atoms in total. The van der Waals surface area contributed by atoms with Crippen LogP contribution in [0.15, 0.2) is 0 Å². The minimum Gasteiger partial charge on any atom is -0.412 e. The van der Waals surface area contributed by atoms with Crippen LogP contribution in [-0.4, -0.2) is 28.4 Å². The molecule has 0 fully saturated rings. The summed E-state index contributed by atoms with van der Waals surface area (Å²) in [6, 6.07) is 0. The second kappa shape index (κ2) is 4.88. The third kappa shape index (κ3) is 9.11. The molecule has 0 aromatic rings. The molecule has 40 valence electrons. The highest BCUT2D eigenvalue weighted by Gasteiger charge is 1.83. The van der Waals surface area contributed by atoms with Crippen molar-refractivity contribution in [1.29, 1.82) is 0 Å². The molecule has 6 heavy (non-hydrogen) atoms. The molecule has 0 unspecified atom stereocenters. The molecule has 0 aromatic carbocycles. The molecule has 0 bridgehead atoms. The lowest BCUT2D eigenvalue weighted by Crippen LogP contribution is -2.03. The van der Waals surface area contributed by atoms with Crippen LogP contribution in [0.4, 0.5) is 0 Å². The van der Waals surface area contributed by atoms with Crippen LogP contribution >= 0.6 is 0 Å². The Bertz CT molecular complexity index is 20.0. The summed E-state index contributed by atoms with van der Waals surface area (Å²) in [5.41, 5.74) is 0. The summed E-state index contributed by atoms with van der Waals surface area (Å²) < 4.78 is 0. The second-order valence-corrected chi connectivity index (χ2v) is 1.03. The van der Waals surface area contributed by atoms with E-state index >= 15 is 0 Å². The minimum atomic E-state index is -0.560. The van der Waals surface area contributed by atoms with Crippen molar-refractivity contribution in [1.82, 2.24) is 0 Å². The number of aliphatic hydroxyl groups is 2. The van der Waals surface area contributed by atoms with Gasteiger partial charge in [0.1, 0.15) is 0 Å². The van der Waals surface area contributed by atoms with Crippen LogP contribution in [0.5, 0.6) is 0 Å². The summed E-state index contributed by atoms with van der Waals surface area (Å²) >= 11 is 0. The fourth-order valence-corrected chi connectivity index (χ4v) is 0. The Labute approximate surface area is 36.5 Å². The fraction of sp³-hybridized carbons (Fsp3) is 1.00. The summed E-state index contributed by atoms with van der Waals surface area (Å²) in [6.45, 7) is 1.39. The van der Waals surface area contributed by atoms with Gasteiger partial charge in [-0.1, -0.05) is 0 Å². The van der Waals surface area contributed by atoms with Crippen molar-refractivity contribution in [2.45, 2.75) is 13.0 Å². The van der Waals surface area contributed by atoms with Crippen molar-refractivity contribution in [3.05, 3.63) is 0 Å². The highest BCUT2D eigenvalue weighted by molar-refractivity contribution is 4.33. The summed E-state index contributed by atoms with van der Waals surface area (Å²) in [5.74, 6) is 0. The molecule has 3 heteroatoms. The van der Waals surface area contributed by atoms with Crippen LogP contribution < -0.4 is 0 Å². The molecule has 0 amide bonds. The Balaban J connectivity index is 0. The number of hydrogen-bond donors (Lipinski definition) is 2. The Hall–Kier alpha value is -0.120. The van der Waals surface area contributed by atoms with Crippen molar-refractivity contribution in [3.63, 3.8) is 0 Å². The van der Waals surface area contributed by atoms with Gasteiger partial charge in [0.2, 0.25) is 0 Å². The monoisotopic (exact) mass is 94.1 g/mol. The molecule has 0 aliphatic carbocycles. The van der Waals surface area contributed by atoms with E-state index in [0.29, 0.717) is 0 Å². The Morgan fingerprint density at radius 1 is 1.67 bits per heavy atom. The van der Waals surface area contributed by atoms with Gasteiger partial charge in [-0.05, 0) is 6.92 Å². The van der Waals surface area contributed by atoms with Gasteiger partial charge in [0.05, 0.1) is 12.7 Å². The first-order valence-corrected chi connectivity index (χ1v) is 1.56. The average molecular weight is 94.1 g/mol. The predicted molar refractivity (Wildman–Crippen MR) is 22.4 cm³/mol. The molecule has 0 aliphatic rings. The van der Waals surface area contributed by atoms with E-state index in [-0.39, 0.29) is 12.1 Å². The van der Waals surface area contributed by atoms with Crippen molar-refractivity contribution in [2.24, 2.45) is 0 Å². The number of aliphatic hydroxyl groups excluding tert-OH is 2. The van der Waals surface area contributed by atoms with Crippen molar-refractivity contribution < 1.29 is 15.7 Å². The van der Waals surface area contributed by atoms with Gasteiger partial charge in [-0.3, -0.25) is 0 Å². The van der Waals surface area contributed by atoms with Crippen molar-refractivity contribution in [3.8, 4) is 0 Å². The lowest BCUT2D eigenvalue weighted by Gasteiger charge is -1.90. The van der Waals surface area contributed by atoms with E-state index in [1.54, 1.807) is 0 Å². The van der Waals surface area contributed by atoms with Gasteiger partial charge in [-0.15, -0.1) is 0 Å². The highest BCUT2D eigenvalue weighted by Crippen LogP contribution is 1.68. The molecule has 0 aromatic heterocycles. The molecule has 4 N–H and O–H groups in total. The van der Waals surface area contributed by atoms with Gasteiger partial charge in [0.15, 0.2) is 0 Å². The topological polar surface area (TPSA) is 72.0 Å². The summed E-state index contributed by atoms with van der Waals surface area (Å²) in [5, 5.41) is 16.0. The van der Waals surface area contributed by atoms with Gasteiger partial charge in [0, 0.05) is 0 Å². The third-order valence-corrected chi connectivity index (χ3v) is 0.264. The smallest absolute Gasteiger partial charge is 0.0742 e. The molecule has 0 radical (unpaired) electrons. The molecule has 0 heterocycles. The van der Waals surface area contributed by atoms with Crippen LogP contribution in [-0.2, 0) is 0 Å². The zero-order chi connectivity index (χ0) is 4.28. The Morgan fingerprint density at radius 2 is 1.83 bits per heavy atom. The van der Waals surface area contributed by atoms with Crippen molar-refractivity contribution >= 4 is 0 Å². The lowest BCUT2D eigenvalue weighted by molar-refractivity contribution is 0.110. The first-order valence-electron chi connectivity index (χ1n) is 1.56. The van der Waals surface area contributed by atoms with E-state index in [4.69, 9.17) is 10.2 Å². The molecule has 0 saturated carbocycles. The van der Waals surface area contributed by atoms with Gasteiger partial charge < -0.3 is 15.7 Å². The molecular formula is C3H10O3. The normalized spacial score (nSPS) is 12.5. The zero-order valence-corrected chi connectivity index (χ0v) is 3.68. The van der Waals surface area contributed by atoms with Crippen LogP contribution in [0.2, 0.25) is 0 Å². The maximum Gasteiger partial charge on any atom is 0.0742 e. The summed E-state index contributed by atoms with van der Waals surface area (Å²) in [7, 11) is 0. The van der Waals surface area contributed by atoms with Gasteiger partial charge in [-0.25, -0.2) is 0 Å². The van der Waals surface area contributed by atoms with E-state index in [2.05, 4.69) is 0 Å². The third-order valence-electron chi connectivity index (χ3n) is 0.264. The highest BCUT2D eigenvalue weighted by atomic mass is 16.3. The average Bonchev–Trinajstić information content (AvgIpc) is 1.38. The van der Waals surface area contributed by atoms with Crippen LogP contribution in [0.1, 0.15) is 6.92 Å². The second-order valence-electron chi connectivity index (χ2n) is 1.03. The maximum absolute atomic E-state index is 8.11. The number of rotatable bonds is 1. The molecular weight excluding hydrogens is 84.0 g/mol. The van der Waals surface area contributed by atoms with Gasteiger partial charge >= 0.3 is 0 Å². The fourth-order valence-electron chi connectivity index (χ4n) is 0. The maximum atomic E-state index is 8.11. The van der Waals surface area contributed by atoms with E-state index in [0.717, 1.165) is 0 Å². The van der Waals surface area contributed by atoms with Gasteiger partial charge in [0.25, 0.3) is 0 Å². The number of hydrogen-bond acceptors (Lipinski definition) is 2. The predicted octanol–water partition coefficient (Wildman–Crippen LogP) is -1.47. The largest absolute Gasteiger partial charge is 0.412 e. The lowest BCUT2D eigenvalue weighted by atomic mass is 10.5. The minimum absolute atomic E-state index is 0. The molecule has 0 aliphatic heterocycles. The molecule has 0 rings (SSSR count). The summed E-state index contributed by atoms with van der Waals surface area (Å²) in [4.78, 5) is 0. The first kappa shape index (κ1) is 9.30. The summed E-state index contributed by atoms with van der Waals surface area (Å²) in [6.07, 6.45) is -0.560. The Kier molecular flexibility index (Phi) is 7.57. The molecule has 0 spiro atoms. The van der Waals surface area contributed by atoms with Crippen LogP contribution in [0.25, 0.3) is 0 Å². The van der Waals surface area contributed by atoms with E-state index < -0.39 is 6.10 Å². The van der Waals surface area contributed by atoms with Gasteiger partial charge in [-0.2, -0.15) is 0 Å². The zero-order valence-electron chi connectivity index (χ0n) is 3.68. The Morgan fingerprint density at radius 3 is 1.83 bits per heavy atom. The molecule has 1 atom stereocenters. The molecule has 0 saturated heterocycles. The van der Waals surface area contributed by atoms with E-state index in [1.807, 2.05) is 0 Å². The van der Waals surface area contributed by atoms with E-state index in [9.17, 15) is 0 Å². The SMILES string of the molecule is C[C@@H](O)CO.O. The van der Waals surface area contributed by atoms with Crippen LogP contribution in [0.3, 0.4) is 0 Å². The quantitative estimate of drug-likeness (QED) is 0.416.